The summed E-state index contributed by atoms with van der Waals surface area (Å²) in [7, 11) is 1.52. The molecule has 0 bridgehead atoms. The maximum Gasteiger partial charge on any atom is 0.321 e. The number of carbonyl (C=O) groups is 2. The van der Waals surface area contributed by atoms with E-state index in [1.165, 1.54) is 18.4 Å². The van der Waals surface area contributed by atoms with Crippen molar-refractivity contribution >= 4 is 28.4 Å². The minimum atomic E-state index is -0.427. The average molecular weight is 270 g/mol. The molecule has 0 saturated heterocycles. The molecule has 1 atom stereocenters. The Morgan fingerprint density at radius 3 is 2.83 bits per heavy atom. The fourth-order valence-corrected chi connectivity index (χ4v) is 2.00. The maximum absolute atomic E-state index is 11.4. The van der Waals surface area contributed by atoms with Gasteiger partial charge in [0.1, 0.15) is 0 Å². The number of nitrogens with one attached hydrogen (secondary N) is 3. The lowest BCUT2D eigenvalue weighted by molar-refractivity contribution is -0.119. The number of hydrogen-bond acceptors (Lipinski definition) is 4. The van der Waals surface area contributed by atoms with Crippen LogP contribution in [0.2, 0.25) is 0 Å². The molecule has 100 valence electrons. The standard InChI is InChI=1S/C11H18N4O2S/c1-4-7(2)8-6-18-11(14-8)15-10(17)13-5-9(16)12-3/h6-7H,4-5H2,1-3H3,(H,12,16)(H2,13,14,15,17). The summed E-state index contributed by atoms with van der Waals surface area (Å²) in [4.78, 5) is 26.7. The van der Waals surface area contributed by atoms with Crippen LogP contribution in [0.3, 0.4) is 0 Å². The number of hydrogen-bond donors (Lipinski definition) is 3. The molecule has 0 spiro atoms. The molecule has 3 N–H and O–H groups in total. The number of nitrogens with zero attached hydrogens (tertiary/aromatic N) is 1. The lowest BCUT2D eigenvalue weighted by atomic mass is 10.1. The highest BCUT2D eigenvalue weighted by Gasteiger charge is 2.10. The molecule has 6 nitrogen and oxygen atoms in total. The summed E-state index contributed by atoms with van der Waals surface area (Å²) >= 11 is 1.38. The van der Waals surface area contributed by atoms with E-state index in [0.717, 1.165) is 12.1 Å². The Morgan fingerprint density at radius 2 is 2.22 bits per heavy atom. The summed E-state index contributed by atoms with van der Waals surface area (Å²) in [5, 5.41) is 9.93. The van der Waals surface area contributed by atoms with Gasteiger partial charge in [-0.2, -0.15) is 0 Å². The van der Waals surface area contributed by atoms with Gasteiger partial charge < -0.3 is 10.6 Å². The Balaban J connectivity index is 2.44. The topological polar surface area (TPSA) is 83.1 Å². The van der Waals surface area contributed by atoms with E-state index in [-0.39, 0.29) is 12.5 Å². The van der Waals surface area contributed by atoms with Crippen molar-refractivity contribution in [2.75, 3.05) is 18.9 Å². The first-order chi connectivity index (χ1) is 8.56. The number of anilines is 1. The zero-order valence-corrected chi connectivity index (χ0v) is 11.6. The third kappa shape index (κ3) is 4.33. The first kappa shape index (κ1) is 14.4. The van der Waals surface area contributed by atoms with Crippen LogP contribution in [-0.4, -0.2) is 30.5 Å². The molecule has 1 unspecified atom stereocenters. The number of aromatic nitrogens is 1. The lowest BCUT2D eigenvalue weighted by Gasteiger charge is -2.05. The molecular weight excluding hydrogens is 252 g/mol. The molecule has 0 aliphatic heterocycles. The second-order valence-corrected chi connectivity index (χ2v) is 4.73. The van der Waals surface area contributed by atoms with Crippen LogP contribution >= 0.6 is 11.3 Å². The average Bonchev–Trinajstić information content (AvgIpc) is 2.83. The number of urea groups is 1. The quantitative estimate of drug-likeness (QED) is 0.758. The van der Waals surface area contributed by atoms with Crippen molar-refractivity contribution in [1.82, 2.24) is 15.6 Å². The third-order valence-corrected chi connectivity index (χ3v) is 3.32. The number of amides is 3. The van der Waals surface area contributed by atoms with Crippen LogP contribution in [0.1, 0.15) is 31.9 Å². The highest BCUT2D eigenvalue weighted by atomic mass is 32.1. The van der Waals surface area contributed by atoms with Gasteiger partial charge in [-0.3, -0.25) is 10.1 Å². The Hall–Kier alpha value is -1.63. The lowest BCUT2D eigenvalue weighted by Crippen LogP contribution is -2.37. The normalized spacial score (nSPS) is 11.7. The van der Waals surface area contributed by atoms with Gasteiger partial charge in [-0.1, -0.05) is 13.8 Å². The van der Waals surface area contributed by atoms with Gasteiger partial charge >= 0.3 is 6.03 Å². The smallest absolute Gasteiger partial charge is 0.321 e. The summed E-state index contributed by atoms with van der Waals surface area (Å²) in [6.45, 7) is 4.13. The van der Waals surface area contributed by atoms with Gasteiger partial charge in [0.05, 0.1) is 12.2 Å². The minimum Gasteiger partial charge on any atom is -0.358 e. The van der Waals surface area contributed by atoms with Gasteiger partial charge in [-0.05, 0) is 12.3 Å². The van der Waals surface area contributed by atoms with E-state index in [9.17, 15) is 9.59 Å². The fourth-order valence-electron chi connectivity index (χ4n) is 1.17. The fraction of sp³-hybridized carbons (Fsp3) is 0.545. The number of likely N-dealkylation sites (N-methyl/N-ethyl adjacent to an activating group) is 1. The summed E-state index contributed by atoms with van der Waals surface area (Å²) in [5.41, 5.74) is 0.976. The van der Waals surface area contributed by atoms with Crippen molar-refractivity contribution < 1.29 is 9.59 Å². The Bertz CT molecular complexity index is 419. The van der Waals surface area contributed by atoms with E-state index in [1.807, 2.05) is 5.38 Å². The predicted molar refractivity (Wildman–Crippen MR) is 71.9 cm³/mol. The van der Waals surface area contributed by atoms with Crippen LogP contribution in [0, 0.1) is 0 Å². The molecule has 0 radical (unpaired) electrons. The van der Waals surface area contributed by atoms with Gasteiger partial charge in [0.15, 0.2) is 5.13 Å². The summed E-state index contributed by atoms with van der Waals surface area (Å²) < 4.78 is 0. The predicted octanol–water partition coefficient (Wildman–Crippen LogP) is 1.52. The van der Waals surface area contributed by atoms with Gasteiger partial charge in [0.2, 0.25) is 5.91 Å². The van der Waals surface area contributed by atoms with Crippen molar-refractivity contribution in [3.05, 3.63) is 11.1 Å². The van der Waals surface area contributed by atoms with Crippen LogP contribution in [0.15, 0.2) is 5.38 Å². The van der Waals surface area contributed by atoms with Crippen LogP contribution in [0.5, 0.6) is 0 Å². The Labute approximate surface area is 110 Å². The molecule has 1 aromatic heterocycles. The molecular formula is C11H18N4O2S. The van der Waals surface area contributed by atoms with Crippen molar-refractivity contribution in [1.29, 1.82) is 0 Å². The molecule has 0 aromatic carbocycles. The van der Waals surface area contributed by atoms with Gasteiger partial charge in [-0.15, -0.1) is 11.3 Å². The molecule has 7 heteroatoms. The molecule has 3 amide bonds. The van der Waals surface area contributed by atoms with Gasteiger partial charge in [0.25, 0.3) is 0 Å². The second kappa shape index (κ2) is 6.95. The van der Waals surface area contributed by atoms with Crippen LogP contribution in [-0.2, 0) is 4.79 Å². The van der Waals surface area contributed by atoms with E-state index in [4.69, 9.17) is 0 Å². The van der Waals surface area contributed by atoms with Crippen LogP contribution < -0.4 is 16.0 Å². The zero-order chi connectivity index (χ0) is 13.5. The first-order valence-corrected chi connectivity index (χ1v) is 6.65. The molecule has 18 heavy (non-hydrogen) atoms. The monoisotopic (exact) mass is 270 g/mol. The van der Waals surface area contributed by atoms with E-state index >= 15 is 0 Å². The molecule has 1 heterocycles. The number of carbonyl (C=O) groups excluding carboxylic acids is 2. The maximum atomic E-state index is 11.4. The largest absolute Gasteiger partial charge is 0.358 e. The highest BCUT2D eigenvalue weighted by molar-refractivity contribution is 7.13. The molecule has 0 aliphatic rings. The van der Waals surface area contributed by atoms with E-state index in [0.29, 0.717) is 11.0 Å². The van der Waals surface area contributed by atoms with Gasteiger partial charge in [-0.25, -0.2) is 9.78 Å². The molecule has 1 rings (SSSR count). The van der Waals surface area contributed by atoms with Crippen molar-refractivity contribution in [3.63, 3.8) is 0 Å². The Kier molecular flexibility index (Phi) is 5.57. The molecule has 1 aromatic rings. The molecule has 0 fully saturated rings. The summed E-state index contributed by atoms with van der Waals surface area (Å²) in [6, 6.07) is -0.427. The molecule has 0 aliphatic carbocycles. The summed E-state index contributed by atoms with van der Waals surface area (Å²) in [6.07, 6.45) is 1.01. The number of thiazole rings is 1. The van der Waals surface area contributed by atoms with Crippen molar-refractivity contribution in [3.8, 4) is 0 Å². The molecule has 0 saturated carbocycles. The van der Waals surface area contributed by atoms with Crippen molar-refractivity contribution in [2.45, 2.75) is 26.2 Å². The SMILES string of the molecule is CCC(C)c1csc(NC(=O)NCC(=O)NC)n1. The van der Waals surface area contributed by atoms with E-state index in [1.54, 1.807) is 0 Å². The summed E-state index contributed by atoms with van der Waals surface area (Å²) in [5.74, 6) is 0.135. The van der Waals surface area contributed by atoms with Crippen LogP contribution in [0.4, 0.5) is 9.93 Å². The second-order valence-electron chi connectivity index (χ2n) is 3.87. The number of rotatable bonds is 5. The first-order valence-electron chi connectivity index (χ1n) is 5.77. The zero-order valence-electron chi connectivity index (χ0n) is 10.7. The Morgan fingerprint density at radius 1 is 1.50 bits per heavy atom. The van der Waals surface area contributed by atoms with Crippen LogP contribution in [0.25, 0.3) is 0 Å². The van der Waals surface area contributed by atoms with E-state index in [2.05, 4.69) is 34.8 Å². The van der Waals surface area contributed by atoms with Crippen molar-refractivity contribution in [2.24, 2.45) is 0 Å². The van der Waals surface area contributed by atoms with E-state index < -0.39 is 6.03 Å². The van der Waals surface area contributed by atoms with Gasteiger partial charge in [0, 0.05) is 12.4 Å². The minimum absolute atomic E-state index is 0.0497. The highest BCUT2D eigenvalue weighted by Crippen LogP contribution is 2.23. The third-order valence-electron chi connectivity index (χ3n) is 2.55.